The average molecular weight is 345 g/mol. The first-order valence-electron chi connectivity index (χ1n) is 6.93. The van der Waals surface area contributed by atoms with Crippen molar-refractivity contribution in [1.82, 2.24) is 9.62 Å². The Morgan fingerprint density at radius 2 is 1.91 bits per heavy atom. The summed E-state index contributed by atoms with van der Waals surface area (Å²) in [5.74, 6) is -0.129. The molecule has 0 aromatic heterocycles. The number of hydrogen-bond acceptors (Lipinski definition) is 4. The Kier molecular flexibility index (Phi) is 7.18. The monoisotopic (exact) mass is 345 g/mol. The van der Waals surface area contributed by atoms with Crippen LogP contribution in [0.1, 0.15) is 13.8 Å². The summed E-state index contributed by atoms with van der Waals surface area (Å²) < 4.78 is 24.3. The van der Waals surface area contributed by atoms with Crippen LogP contribution >= 0.6 is 11.8 Å². The SMILES string of the molecule is CC(C)Sc1ccccc1NC(=O)NCCS(=O)(=O)N(C)C. The molecule has 22 heavy (non-hydrogen) atoms. The summed E-state index contributed by atoms with van der Waals surface area (Å²) in [6.45, 7) is 4.22. The predicted molar refractivity (Wildman–Crippen MR) is 91.9 cm³/mol. The zero-order valence-corrected chi connectivity index (χ0v) is 14.9. The first-order chi connectivity index (χ1) is 10.2. The van der Waals surface area contributed by atoms with Crippen molar-refractivity contribution >= 4 is 33.5 Å². The van der Waals surface area contributed by atoms with Gasteiger partial charge in [0.25, 0.3) is 0 Å². The van der Waals surface area contributed by atoms with E-state index in [1.807, 2.05) is 24.3 Å². The summed E-state index contributed by atoms with van der Waals surface area (Å²) in [7, 11) is -0.370. The molecule has 8 heteroatoms. The molecule has 0 fully saturated rings. The highest BCUT2D eigenvalue weighted by Crippen LogP contribution is 2.29. The van der Waals surface area contributed by atoms with Crippen LogP contribution < -0.4 is 10.6 Å². The number of nitrogens with one attached hydrogen (secondary N) is 2. The number of thioether (sulfide) groups is 1. The van der Waals surface area contributed by atoms with Gasteiger partial charge >= 0.3 is 6.03 Å². The number of amides is 2. The summed E-state index contributed by atoms with van der Waals surface area (Å²) in [5, 5.41) is 5.71. The molecule has 2 N–H and O–H groups in total. The summed E-state index contributed by atoms with van der Waals surface area (Å²) in [4.78, 5) is 12.8. The zero-order valence-electron chi connectivity index (χ0n) is 13.3. The molecule has 0 saturated heterocycles. The number of anilines is 1. The van der Waals surface area contributed by atoms with Crippen molar-refractivity contribution in [3.05, 3.63) is 24.3 Å². The lowest BCUT2D eigenvalue weighted by molar-refractivity contribution is 0.252. The van der Waals surface area contributed by atoms with Crippen LogP contribution in [0.15, 0.2) is 29.2 Å². The largest absolute Gasteiger partial charge is 0.337 e. The van der Waals surface area contributed by atoms with E-state index >= 15 is 0 Å². The Hall–Kier alpha value is -1.25. The second kappa shape index (κ2) is 8.40. The normalized spacial score (nSPS) is 11.7. The van der Waals surface area contributed by atoms with Gasteiger partial charge in [0.15, 0.2) is 0 Å². The minimum atomic E-state index is -3.30. The van der Waals surface area contributed by atoms with Crippen molar-refractivity contribution in [2.75, 3.05) is 31.7 Å². The van der Waals surface area contributed by atoms with E-state index in [2.05, 4.69) is 24.5 Å². The van der Waals surface area contributed by atoms with E-state index in [0.717, 1.165) is 9.20 Å². The number of carbonyl (C=O) groups excluding carboxylic acids is 1. The molecule has 6 nitrogen and oxygen atoms in total. The van der Waals surface area contributed by atoms with Crippen LogP contribution in [0.25, 0.3) is 0 Å². The van der Waals surface area contributed by atoms with Gasteiger partial charge in [0.1, 0.15) is 0 Å². The zero-order chi connectivity index (χ0) is 16.8. The maximum Gasteiger partial charge on any atom is 0.319 e. The summed E-state index contributed by atoms with van der Waals surface area (Å²) in [6, 6.07) is 7.11. The third-order valence-electron chi connectivity index (χ3n) is 2.70. The fraction of sp³-hybridized carbons (Fsp3) is 0.500. The molecule has 0 aliphatic rings. The molecule has 0 aliphatic heterocycles. The smallest absolute Gasteiger partial charge is 0.319 e. The van der Waals surface area contributed by atoms with Gasteiger partial charge in [-0.2, -0.15) is 0 Å². The first kappa shape index (κ1) is 18.8. The molecule has 0 bridgehead atoms. The second-order valence-corrected chi connectivity index (χ2v) is 9.06. The van der Waals surface area contributed by atoms with E-state index in [9.17, 15) is 13.2 Å². The van der Waals surface area contributed by atoms with Gasteiger partial charge in [-0.05, 0) is 12.1 Å². The van der Waals surface area contributed by atoms with Crippen molar-refractivity contribution in [2.24, 2.45) is 0 Å². The Labute approximate surface area is 136 Å². The highest BCUT2D eigenvalue weighted by atomic mass is 32.2. The van der Waals surface area contributed by atoms with Crippen LogP contribution in [0.4, 0.5) is 10.5 Å². The number of rotatable bonds is 7. The summed E-state index contributed by atoms with van der Waals surface area (Å²) in [5.41, 5.74) is 0.717. The van der Waals surface area contributed by atoms with Gasteiger partial charge in [-0.25, -0.2) is 17.5 Å². The Morgan fingerprint density at radius 1 is 1.27 bits per heavy atom. The van der Waals surface area contributed by atoms with Crippen molar-refractivity contribution in [3.8, 4) is 0 Å². The van der Waals surface area contributed by atoms with E-state index in [1.54, 1.807) is 11.8 Å². The van der Waals surface area contributed by atoms with Gasteiger partial charge in [-0.1, -0.05) is 26.0 Å². The maximum atomic E-state index is 11.9. The molecule has 0 unspecified atom stereocenters. The van der Waals surface area contributed by atoms with Gasteiger partial charge in [-0.3, -0.25) is 0 Å². The van der Waals surface area contributed by atoms with Crippen LogP contribution in [-0.2, 0) is 10.0 Å². The molecule has 2 amide bonds. The molecule has 1 aromatic carbocycles. The van der Waals surface area contributed by atoms with E-state index < -0.39 is 16.1 Å². The highest BCUT2D eigenvalue weighted by molar-refractivity contribution is 8.00. The Balaban J connectivity index is 2.56. The molecule has 0 aliphatic carbocycles. The molecule has 1 aromatic rings. The maximum absolute atomic E-state index is 11.9. The quantitative estimate of drug-likeness (QED) is 0.743. The summed E-state index contributed by atoms with van der Waals surface area (Å²) in [6.07, 6.45) is 0. The minimum absolute atomic E-state index is 0.0613. The van der Waals surface area contributed by atoms with Crippen molar-refractivity contribution in [1.29, 1.82) is 0 Å². The van der Waals surface area contributed by atoms with Gasteiger partial charge < -0.3 is 10.6 Å². The molecule has 0 radical (unpaired) electrons. The molecular formula is C14H23N3O3S2. The predicted octanol–water partition coefficient (Wildman–Crippen LogP) is 2.20. The van der Waals surface area contributed by atoms with Gasteiger partial charge in [0.2, 0.25) is 10.0 Å². The number of nitrogens with zero attached hydrogens (tertiary/aromatic N) is 1. The molecule has 1 rings (SSSR count). The molecular weight excluding hydrogens is 322 g/mol. The molecule has 0 spiro atoms. The Morgan fingerprint density at radius 3 is 2.50 bits per heavy atom. The average Bonchev–Trinajstić information content (AvgIpc) is 2.40. The van der Waals surface area contributed by atoms with Crippen molar-refractivity contribution < 1.29 is 13.2 Å². The second-order valence-electron chi connectivity index (χ2n) is 5.14. The number of benzene rings is 1. The standard InChI is InChI=1S/C14H23N3O3S2/c1-11(2)21-13-8-6-5-7-12(13)16-14(18)15-9-10-22(19,20)17(3)4/h5-8,11H,9-10H2,1-4H3,(H2,15,16,18). The van der Waals surface area contributed by atoms with E-state index in [0.29, 0.717) is 10.9 Å². The molecule has 0 saturated carbocycles. The van der Waals surface area contributed by atoms with Crippen LogP contribution in [0, 0.1) is 0 Å². The number of sulfonamides is 1. The fourth-order valence-corrected chi connectivity index (χ4v) is 3.21. The van der Waals surface area contributed by atoms with Gasteiger partial charge in [0, 0.05) is 30.8 Å². The first-order valence-corrected chi connectivity index (χ1v) is 9.42. The summed E-state index contributed by atoms with van der Waals surface area (Å²) >= 11 is 1.65. The third kappa shape index (κ3) is 6.25. The Bertz CT molecular complexity index is 601. The number of urea groups is 1. The lowest BCUT2D eigenvalue weighted by Crippen LogP contribution is -2.36. The van der Waals surface area contributed by atoms with Gasteiger partial charge in [0.05, 0.1) is 11.4 Å². The third-order valence-corrected chi connectivity index (χ3v) is 5.61. The lowest BCUT2D eigenvalue weighted by atomic mass is 10.3. The highest BCUT2D eigenvalue weighted by Gasteiger charge is 2.14. The molecule has 0 heterocycles. The number of carbonyl (C=O) groups is 1. The van der Waals surface area contributed by atoms with Crippen molar-refractivity contribution in [2.45, 2.75) is 24.0 Å². The topological polar surface area (TPSA) is 78.5 Å². The van der Waals surface area contributed by atoms with E-state index in [-0.39, 0.29) is 12.3 Å². The number of para-hydroxylation sites is 1. The van der Waals surface area contributed by atoms with Gasteiger partial charge in [-0.15, -0.1) is 11.8 Å². The van der Waals surface area contributed by atoms with Crippen LogP contribution in [0.3, 0.4) is 0 Å². The number of hydrogen-bond donors (Lipinski definition) is 2. The van der Waals surface area contributed by atoms with Crippen LogP contribution in [-0.4, -0.2) is 50.4 Å². The van der Waals surface area contributed by atoms with E-state index in [1.165, 1.54) is 14.1 Å². The fourth-order valence-electron chi connectivity index (χ4n) is 1.57. The van der Waals surface area contributed by atoms with E-state index in [4.69, 9.17) is 0 Å². The lowest BCUT2D eigenvalue weighted by Gasteiger charge is -2.14. The van der Waals surface area contributed by atoms with Crippen LogP contribution in [0.5, 0.6) is 0 Å². The van der Waals surface area contributed by atoms with Crippen molar-refractivity contribution in [3.63, 3.8) is 0 Å². The molecule has 124 valence electrons. The molecule has 0 atom stereocenters. The minimum Gasteiger partial charge on any atom is -0.337 e. The van der Waals surface area contributed by atoms with Crippen LogP contribution in [0.2, 0.25) is 0 Å².